The fourth-order valence-electron chi connectivity index (χ4n) is 5.58. The molecule has 0 amide bonds. The zero-order valence-electron chi connectivity index (χ0n) is 20.6. The van der Waals surface area contributed by atoms with Gasteiger partial charge >= 0.3 is 0 Å². The van der Waals surface area contributed by atoms with Gasteiger partial charge in [0.2, 0.25) is 0 Å². The average molecular weight is 490 g/mol. The summed E-state index contributed by atoms with van der Waals surface area (Å²) in [5.74, 6) is -0.417. The number of ketones is 2. The van der Waals surface area contributed by atoms with Crippen LogP contribution >= 0.6 is 0 Å². The third kappa shape index (κ3) is 3.60. The molecule has 0 radical (unpaired) electrons. The average Bonchev–Trinajstić information content (AvgIpc) is 3.45. The van der Waals surface area contributed by atoms with Crippen LogP contribution < -0.4 is 4.90 Å². The predicted molar refractivity (Wildman–Crippen MR) is 152 cm³/mol. The first kappa shape index (κ1) is 22.2. The van der Waals surface area contributed by atoms with Crippen LogP contribution in [0.5, 0.6) is 0 Å². The monoisotopic (exact) mass is 489 g/mol. The molecule has 7 rings (SSSR count). The number of anilines is 3. The molecule has 0 heterocycles. The summed E-state index contributed by atoms with van der Waals surface area (Å²) in [6.07, 6.45) is 2.63. The molecular formula is C35H23NO2. The molecule has 0 spiro atoms. The number of carbonyl (C=O) groups excluding carboxylic acids is 2. The Kier molecular flexibility index (Phi) is 5.15. The minimum atomic E-state index is -0.209. The number of fused-ring (bicyclic) bond motifs is 4. The van der Waals surface area contributed by atoms with E-state index in [9.17, 15) is 9.59 Å². The van der Waals surface area contributed by atoms with E-state index in [1.807, 2.05) is 42.5 Å². The quantitative estimate of drug-likeness (QED) is 0.185. The Morgan fingerprint density at radius 2 is 1.05 bits per heavy atom. The minimum Gasteiger partial charge on any atom is -0.310 e. The normalized spacial score (nSPS) is 13.2. The molecule has 3 nitrogen and oxygen atoms in total. The number of rotatable bonds is 4. The number of benzene rings is 5. The molecule has 0 fully saturated rings. The first-order chi connectivity index (χ1) is 18.7. The first-order valence-electron chi connectivity index (χ1n) is 12.7. The Balaban J connectivity index is 1.25. The van der Waals surface area contributed by atoms with Gasteiger partial charge < -0.3 is 4.90 Å². The van der Waals surface area contributed by atoms with Crippen LogP contribution in [0.15, 0.2) is 127 Å². The lowest BCUT2D eigenvalue weighted by Crippen LogP contribution is -2.10. The molecule has 2 aliphatic rings. The van der Waals surface area contributed by atoms with Crippen LogP contribution in [0.3, 0.4) is 0 Å². The van der Waals surface area contributed by atoms with Crippen LogP contribution in [0, 0.1) is 0 Å². The van der Waals surface area contributed by atoms with Crippen molar-refractivity contribution in [3.05, 3.63) is 155 Å². The Morgan fingerprint density at radius 3 is 1.76 bits per heavy atom. The molecule has 38 heavy (non-hydrogen) atoms. The SMILES string of the molecule is O=C1C(=Cc2ccc(N(c3ccccc3)c3ccc4c(c3)Cc3ccccc3-4)cc2)C(=O)c2ccccc21. The van der Waals surface area contributed by atoms with E-state index >= 15 is 0 Å². The smallest absolute Gasteiger partial charge is 0.197 e. The lowest BCUT2D eigenvalue weighted by molar-refractivity contribution is 0.0990. The van der Waals surface area contributed by atoms with Gasteiger partial charge in [-0.15, -0.1) is 0 Å². The van der Waals surface area contributed by atoms with E-state index in [2.05, 4.69) is 59.5 Å². The van der Waals surface area contributed by atoms with Crippen LogP contribution in [0.2, 0.25) is 0 Å². The van der Waals surface area contributed by atoms with Gasteiger partial charge in [-0.2, -0.15) is 0 Å². The summed E-state index contributed by atoms with van der Waals surface area (Å²) in [7, 11) is 0. The number of carbonyl (C=O) groups is 2. The highest BCUT2D eigenvalue weighted by Crippen LogP contribution is 2.41. The van der Waals surface area contributed by atoms with Crippen LogP contribution in [0.25, 0.3) is 17.2 Å². The Hall–Kier alpha value is -5.02. The summed E-state index contributed by atoms with van der Waals surface area (Å²) < 4.78 is 0. The zero-order chi connectivity index (χ0) is 25.6. The Labute approximate surface area is 221 Å². The summed E-state index contributed by atoms with van der Waals surface area (Å²) in [4.78, 5) is 27.9. The van der Waals surface area contributed by atoms with Gasteiger partial charge in [-0.05, 0) is 76.7 Å². The molecular weight excluding hydrogens is 466 g/mol. The van der Waals surface area contributed by atoms with E-state index in [4.69, 9.17) is 0 Å². The maximum atomic E-state index is 12.8. The lowest BCUT2D eigenvalue weighted by Gasteiger charge is -2.26. The van der Waals surface area contributed by atoms with Crippen molar-refractivity contribution in [1.82, 2.24) is 0 Å². The van der Waals surface area contributed by atoms with Gasteiger partial charge in [-0.25, -0.2) is 0 Å². The number of hydrogen-bond acceptors (Lipinski definition) is 3. The van der Waals surface area contributed by atoms with Crippen molar-refractivity contribution in [2.75, 3.05) is 4.90 Å². The van der Waals surface area contributed by atoms with E-state index in [1.54, 1.807) is 30.3 Å². The minimum absolute atomic E-state index is 0.209. The van der Waals surface area contributed by atoms with E-state index in [-0.39, 0.29) is 17.1 Å². The largest absolute Gasteiger partial charge is 0.310 e. The topological polar surface area (TPSA) is 37.4 Å². The summed E-state index contributed by atoms with van der Waals surface area (Å²) in [6.45, 7) is 0. The predicted octanol–water partition coefficient (Wildman–Crippen LogP) is 8.19. The molecule has 180 valence electrons. The van der Waals surface area contributed by atoms with Gasteiger partial charge in [0.05, 0.1) is 5.57 Å². The number of allylic oxidation sites excluding steroid dienone is 1. The standard InChI is InChI=1S/C35H23NO2/c37-34-31-12-6-7-13-32(31)35(38)33(34)20-23-14-16-27(17-15-23)36(26-9-2-1-3-10-26)28-18-19-30-25(22-28)21-24-8-4-5-11-29(24)30/h1-20,22H,21H2. The van der Waals surface area contributed by atoms with Crippen molar-refractivity contribution < 1.29 is 9.59 Å². The first-order valence-corrected chi connectivity index (χ1v) is 12.7. The fourth-order valence-corrected chi connectivity index (χ4v) is 5.58. The third-order valence-corrected chi connectivity index (χ3v) is 7.42. The van der Waals surface area contributed by atoms with Crippen molar-refractivity contribution >= 4 is 34.7 Å². The Bertz CT molecular complexity index is 1730. The van der Waals surface area contributed by atoms with E-state index in [0.717, 1.165) is 29.0 Å². The van der Waals surface area contributed by atoms with Crippen molar-refractivity contribution in [2.45, 2.75) is 6.42 Å². The van der Waals surface area contributed by atoms with Crippen LogP contribution in [0.1, 0.15) is 37.4 Å². The summed E-state index contributed by atoms with van der Waals surface area (Å²) in [5.41, 5.74) is 10.4. The van der Waals surface area contributed by atoms with Gasteiger partial charge in [0, 0.05) is 28.2 Å². The number of para-hydroxylation sites is 1. The second-order valence-electron chi connectivity index (χ2n) is 9.70. The molecule has 2 aliphatic carbocycles. The van der Waals surface area contributed by atoms with Gasteiger partial charge in [0.15, 0.2) is 11.6 Å². The van der Waals surface area contributed by atoms with E-state index in [1.165, 1.54) is 22.3 Å². The summed E-state index contributed by atoms with van der Waals surface area (Å²) in [6, 6.07) is 40.6. The highest BCUT2D eigenvalue weighted by molar-refractivity contribution is 6.41. The van der Waals surface area contributed by atoms with Gasteiger partial charge in [-0.3, -0.25) is 9.59 Å². The molecule has 5 aromatic rings. The van der Waals surface area contributed by atoms with Crippen molar-refractivity contribution in [1.29, 1.82) is 0 Å². The van der Waals surface area contributed by atoms with Crippen LogP contribution in [-0.2, 0) is 6.42 Å². The second kappa shape index (κ2) is 8.82. The second-order valence-corrected chi connectivity index (χ2v) is 9.70. The zero-order valence-corrected chi connectivity index (χ0v) is 20.6. The van der Waals surface area contributed by atoms with Crippen molar-refractivity contribution in [2.24, 2.45) is 0 Å². The maximum Gasteiger partial charge on any atom is 0.197 e. The molecule has 3 heteroatoms. The van der Waals surface area contributed by atoms with Gasteiger partial charge in [0.1, 0.15) is 0 Å². The number of hydrogen-bond donors (Lipinski definition) is 0. The summed E-state index contributed by atoms with van der Waals surface area (Å²) >= 11 is 0. The van der Waals surface area contributed by atoms with Crippen LogP contribution in [0.4, 0.5) is 17.1 Å². The molecule has 0 unspecified atom stereocenters. The third-order valence-electron chi connectivity index (χ3n) is 7.42. The van der Waals surface area contributed by atoms with Crippen LogP contribution in [-0.4, -0.2) is 11.6 Å². The molecule has 0 saturated heterocycles. The lowest BCUT2D eigenvalue weighted by atomic mass is 10.0. The van der Waals surface area contributed by atoms with Gasteiger partial charge in [-0.1, -0.05) is 84.9 Å². The molecule has 5 aromatic carbocycles. The number of nitrogens with zero attached hydrogens (tertiary/aromatic N) is 1. The molecule has 0 bridgehead atoms. The summed E-state index contributed by atoms with van der Waals surface area (Å²) in [5, 5.41) is 0. The maximum absolute atomic E-state index is 12.8. The molecule has 0 N–H and O–H groups in total. The number of Topliss-reactive ketones (excluding diaryl/α,β-unsaturated/α-hetero) is 2. The van der Waals surface area contributed by atoms with E-state index < -0.39 is 0 Å². The Morgan fingerprint density at radius 1 is 0.500 bits per heavy atom. The molecule has 0 aliphatic heterocycles. The van der Waals surface area contributed by atoms with E-state index in [0.29, 0.717) is 11.1 Å². The van der Waals surface area contributed by atoms with Crippen molar-refractivity contribution in [3.8, 4) is 11.1 Å². The molecule has 0 aromatic heterocycles. The van der Waals surface area contributed by atoms with Gasteiger partial charge in [0.25, 0.3) is 0 Å². The molecule has 0 saturated carbocycles. The highest BCUT2D eigenvalue weighted by Gasteiger charge is 2.32. The molecule has 0 atom stereocenters. The van der Waals surface area contributed by atoms with Crippen molar-refractivity contribution in [3.63, 3.8) is 0 Å². The highest BCUT2D eigenvalue weighted by atomic mass is 16.2. The fraction of sp³-hybridized carbons (Fsp3) is 0.0286.